The molecule has 1 amide bonds. The van der Waals surface area contributed by atoms with E-state index in [1.165, 1.54) is 0 Å². The van der Waals surface area contributed by atoms with Crippen LogP contribution in [0.25, 0.3) is 0 Å². The van der Waals surface area contributed by atoms with Gasteiger partial charge in [-0.25, -0.2) is 0 Å². The van der Waals surface area contributed by atoms with Gasteiger partial charge in [-0.05, 0) is 12.8 Å². The number of hydrogen-bond donors (Lipinski definition) is 6. The van der Waals surface area contributed by atoms with Crippen molar-refractivity contribution in [2.45, 2.75) is 51.2 Å². The molecule has 0 bridgehead atoms. The summed E-state index contributed by atoms with van der Waals surface area (Å²) in [5.41, 5.74) is 0. The molecule has 0 spiro atoms. The minimum atomic E-state index is -1.24. The first-order chi connectivity index (χ1) is 19.9. The molecule has 240 valence electrons. The number of carbonyl (C=O) groups is 6. The Labute approximate surface area is 245 Å². The lowest BCUT2D eigenvalue weighted by molar-refractivity contribution is -0.142. The molecule has 0 saturated carbocycles. The number of carboxylic acid groups (broad SMARTS) is 4. The van der Waals surface area contributed by atoms with Crippen molar-refractivity contribution in [1.82, 2.24) is 30.2 Å². The topological polar surface area (TPSA) is 220 Å². The number of carboxylic acids is 4. The third-order valence-corrected chi connectivity index (χ3v) is 6.90. The molecule has 0 radical (unpaired) electrons. The highest BCUT2D eigenvalue weighted by molar-refractivity contribution is 5.78. The lowest BCUT2D eigenvalue weighted by Crippen LogP contribution is -2.57. The summed E-state index contributed by atoms with van der Waals surface area (Å²) < 4.78 is 0. The van der Waals surface area contributed by atoms with Crippen LogP contribution in [0.1, 0.15) is 39.0 Å². The van der Waals surface area contributed by atoms with Crippen molar-refractivity contribution < 1.29 is 49.2 Å². The zero-order chi connectivity index (χ0) is 31.5. The number of hydrogen-bond acceptors (Lipinski definition) is 11. The van der Waals surface area contributed by atoms with Gasteiger partial charge in [0.25, 0.3) is 0 Å². The van der Waals surface area contributed by atoms with Crippen LogP contribution in [0.5, 0.6) is 0 Å². The smallest absolute Gasteiger partial charge is 0.320 e. The molecule has 0 aliphatic carbocycles. The van der Waals surface area contributed by atoms with Gasteiger partial charge in [0.2, 0.25) is 5.91 Å². The zero-order valence-electron chi connectivity index (χ0n) is 24.3. The van der Waals surface area contributed by atoms with Crippen LogP contribution < -0.4 is 10.6 Å². The Kier molecular flexibility index (Phi) is 18.1. The van der Waals surface area contributed by atoms with E-state index in [0.717, 1.165) is 19.3 Å². The highest BCUT2D eigenvalue weighted by Crippen LogP contribution is 2.06. The minimum Gasteiger partial charge on any atom is -0.480 e. The fourth-order valence-corrected chi connectivity index (χ4v) is 4.56. The second kappa shape index (κ2) is 20.7. The molecule has 16 nitrogen and oxygen atoms in total. The number of aliphatic carboxylic acids is 4. The normalized spacial score (nSPS) is 18.2. The standard InChI is InChI=1S/C26H46N6O10/c1-2-3-4-7-27-22(34)6-5-20(26(41)42)28-21(19-33)32-14-12-30(17-24(37)38)10-8-29(16-23(35)36)9-11-31(13-15-32)18-25(39)40/h19-21,28H,2-18H2,1H3,(H,27,34)(H,35,36)(H,37,38)(H,39,40)(H,41,42)/t20-,21?/m1/s1. The van der Waals surface area contributed by atoms with Gasteiger partial charge in [-0.2, -0.15) is 0 Å². The molecule has 0 aromatic heterocycles. The van der Waals surface area contributed by atoms with E-state index in [4.69, 9.17) is 0 Å². The Hall–Kier alpha value is -3.18. The third kappa shape index (κ3) is 16.3. The molecule has 1 saturated heterocycles. The molecule has 1 heterocycles. The van der Waals surface area contributed by atoms with Crippen molar-refractivity contribution in [2.24, 2.45) is 0 Å². The van der Waals surface area contributed by atoms with E-state index >= 15 is 0 Å². The Bertz CT molecular complexity index is 860. The van der Waals surface area contributed by atoms with E-state index in [1.54, 1.807) is 19.6 Å². The van der Waals surface area contributed by atoms with Crippen molar-refractivity contribution in [3.8, 4) is 0 Å². The van der Waals surface area contributed by atoms with Crippen LogP contribution in [-0.2, 0) is 28.8 Å². The molecular weight excluding hydrogens is 556 g/mol. The van der Waals surface area contributed by atoms with Crippen LogP contribution in [0.3, 0.4) is 0 Å². The van der Waals surface area contributed by atoms with Crippen molar-refractivity contribution in [3.05, 3.63) is 0 Å². The van der Waals surface area contributed by atoms with Crippen LogP contribution in [0.4, 0.5) is 0 Å². The summed E-state index contributed by atoms with van der Waals surface area (Å²) in [6.45, 7) is 3.02. The average Bonchev–Trinajstić information content (AvgIpc) is 2.90. The van der Waals surface area contributed by atoms with Gasteiger partial charge in [-0.15, -0.1) is 0 Å². The lowest BCUT2D eigenvalue weighted by atomic mass is 10.1. The van der Waals surface area contributed by atoms with Crippen molar-refractivity contribution in [1.29, 1.82) is 0 Å². The Morgan fingerprint density at radius 1 is 0.738 bits per heavy atom. The van der Waals surface area contributed by atoms with Crippen LogP contribution >= 0.6 is 0 Å². The van der Waals surface area contributed by atoms with Gasteiger partial charge in [0, 0.05) is 65.3 Å². The maximum absolute atomic E-state index is 12.2. The monoisotopic (exact) mass is 602 g/mol. The fraction of sp³-hybridized carbons (Fsp3) is 0.769. The number of amides is 1. The average molecular weight is 603 g/mol. The van der Waals surface area contributed by atoms with Gasteiger partial charge in [0.1, 0.15) is 12.2 Å². The molecule has 0 aromatic carbocycles. The number of unbranched alkanes of at least 4 members (excludes halogenated alkanes) is 2. The minimum absolute atomic E-state index is 0.0622. The van der Waals surface area contributed by atoms with Crippen LogP contribution in [0.2, 0.25) is 0 Å². The van der Waals surface area contributed by atoms with Crippen molar-refractivity contribution >= 4 is 36.1 Å². The molecule has 16 heteroatoms. The van der Waals surface area contributed by atoms with Crippen molar-refractivity contribution in [2.75, 3.05) is 78.5 Å². The van der Waals surface area contributed by atoms with Crippen molar-refractivity contribution in [3.63, 3.8) is 0 Å². The van der Waals surface area contributed by atoms with Gasteiger partial charge < -0.3 is 30.5 Å². The van der Waals surface area contributed by atoms with Gasteiger partial charge in [0.05, 0.1) is 19.6 Å². The van der Waals surface area contributed by atoms with Crippen LogP contribution in [-0.4, -0.2) is 167 Å². The second-order valence-corrected chi connectivity index (χ2v) is 10.3. The van der Waals surface area contributed by atoms with Gasteiger partial charge in [-0.3, -0.25) is 48.9 Å². The Balaban J connectivity index is 3.05. The summed E-state index contributed by atoms with van der Waals surface area (Å²) >= 11 is 0. The molecule has 1 fully saturated rings. The van der Waals surface area contributed by atoms with E-state index in [-0.39, 0.29) is 90.7 Å². The zero-order valence-corrected chi connectivity index (χ0v) is 24.3. The highest BCUT2D eigenvalue weighted by atomic mass is 16.4. The predicted molar refractivity (Wildman–Crippen MR) is 150 cm³/mol. The number of rotatable bonds is 18. The molecule has 1 unspecified atom stereocenters. The largest absolute Gasteiger partial charge is 0.480 e. The first-order valence-corrected chi connectivity index (χ1v) is 14.2. The predicted octanol–water partition coefficient (Wildman–Crippen LogP) is -1.88. The molecule has 2 atom stereocenters. The second-order valence-electron chi connectivity index (χ2n) is 10.3. The molecule has 1 rings (SSSR count). The first kappa shape index (κ1) is 36.8. The van der Waals surface area contributed by atoms with E-state index in [9.17, 15) is 49.2 Å². The molecule has 6 N–H and O–H groups in total. The summed E-state index contributed by atoms with van der Waals surface area (Å²) in [6, 6.07) is -1.22. The van der Waals surface area contributed by atoms with Gasteiger partial charge in [0.15, 0.2) is 6.29 Å². The highest BCUT2D eigenvalue weighted by Gasteiger charge is 2.28. The van der Waals surface area contributed by atoms with E-state index < -0.39 is 36.1 Å². The lowest BCUT2D eigenvalue weighted by Gasteiger charge is -2.36. The van der Waals surface area contributed by atoms with Crippen LogP contribution in [0, 0.1) is 0 Å². The Morgan fingerprint density at radius 2 is 1.19 bits per heavy atom. The number of nitrogens with zero attached hydrogens (tertiary/aromatic N) is 4. The SMILES string of the molecule is CCCCCNC(=O)CC[C@@H](NC(C=O)N1CCN(CC(=O)O)CCN(CC(=O)O)CCN(CC(=O)O)CC1)C(=O)O. The first-order valence-electron chi connectivity index (χ1n) is 14.2. The third-order valence-electron chi connectivity index (χ3n) is 6.90. The van der Waals surface area contributed by atoms with Crippen LogP contribution in [0.15, 0.2) is 0 Å². The number of nitrogens with one attached hydrogen (secondary N) is 2. The Morgan fingerprint density at radius 3 is 1.57 bits per heavy atom. The summed E-state index contributed by atoms with van der Waals surface area (Å²) in [5, 5.41) is 43.3. The fourth-order valence-electron chi connectivity index (χ4n) is 4.56. The summed E-state index contributed by atoms with van der Waals surface area (Å²) in [5.74, 6) is -4.78. The summed E-state index contributed by atoms with van der Waals surface area (Å²) in [7, 11) is 0. The number of aldehydes is 1. The van der Waals surface area contributed by atoms with E-state index in [2.05, 4.69) is 10.6 Å². The van der Waals surface area contributed by atoms with E-state index in [1.807, 2.05) is 6.92 Å². The molecule has 1 aliphatic rings. The summed E-state index contributed by atoms with van der Waals surface area (Å²) in [6.07, 6.45) is 2.07. The van der Waals surface area contributed by atoms with Gasteiger partial charge in [-0.1, -0.05) is 19.8 Å². The molecule has 42 heavy (non-hydrogen) atoms. The quantitative estimate of drug-likeness (QED) is 0.0746. The molecule has 0 aromatic rings. The van der Waals surface area contributed by atoms with Gasteiger partial charge >= 0.3 is 23.9 Å². The summed E-state index contributed by atoms with van der Waals surface area (Å²) in [4.78, 5) is 77.1. The molecule has 1 aliphatic heterocycles. The number of carbonyl (C=O) groups excluding carboxylic acids is 2. The maximum atomic E-state index is 12.2. The molecular formula is C26H46N6O10. The van der Waals surface area contributed by atoms with E-state index in [0.29, 0.717) is 12.8 Å². The maximum Gasteiger partial charge on any atom is 0.320 e.